The molecular formula is C22H28N2O6. The summed E-state index contributed by atoms with van der Waals surface area (Å²) < 4.78 is 5.09. The zero-order valence-electron chi connectivity index (χ0n) is 17.8. The van der Waals surface area contributed by atoms with Crippen molar-refractivity contribution in [1.29, 1.82) is 0 Å². The number of esters is 1. The minimum Gasteiger partial charge on any atom is -0.458 e. The van der Waals surface area contributed by atoms with Gasteiger partial charge in [-0.3, -0.25) is 20.2 Å². The Morgan fingerprint density at radius 3 is 1.87 bits per heavy atom. The van der Waals surface area contributed by atoms with Crippen LogP contribution in [0.1, 0.15) is 63.7 Å². The molecule has 0 heterocycles. The molecule has 0 bridgehead atoms. The highest BCUT2D eigenvalue weighted by atomic mass is 16.6. The first-order valence-electron chi connectivity index (χ1n) is 9.65. The summed E-state index contributed by atoms with van der Waals surface area (Å²) >= 11 is 0. The van der Waals surface area contributed by atoms with Crippen molar-refractivity contribution in [3.63, 3.8) is 0 Å². The van der Waals surface area contributed by atoms with Crippen LogP contribution in [0.15, 0.2) is 53.1 Å². The summed E-state index contributed by atoms with van der Waals surface area (Å²) in [5, 5.41) is 21.8. The number of carbonyl (C=O) groups excluding carboxylic acids is 1. The largest absolute Gasteiger partial charge is 0.458 e. The van der Waals surface area contributed by atoms with Crippen molar-refractivity contribution >= 4 is 17.3 Å². The molecule has 0 saturated heterocycles. The average Bonchev–Trinajstić information content (AvgIpc) is 2.67. The molecule has 0 atom stereocenters. The predicted molar refractivity (Wildman–Crippen MR) is 115 cm³/mol. The SMILES string of the molecule is CC(C)=CCCC(C)=CCCC(C)=CCOC(=O)c1cc([N+](=O)[O-])cc([N+](=O)[O-])c1. The van der Waals surface area contributed by atoms with Gasteiger partial charge < -0.3 is 4.74 Å². The van der Waals surface area contributed by atoms with Crippen LogP contribution in [0.4, 0.5) is 11.4 Å². The highest BCUT2D eigenvalue weighted by Gasteiger charge is 2.20. The lowest BCUT2D eigenvalue weighted by atomic mass is 10.1. The van der Waals surface area contributed by atoms with E-state index in [0.29, 0.717) is 0 Å². The van der Waals surface area contributed by atoms with Crippen LogP contribution >= 0.6 is 0 Å². The van der Waals surface area contributed by atoms with Gasteiger partial charge in [0.05, 0.1) is 21.5 Å². The summed E-state index contributed by atoms with van der Waals surface area (Å²) in [5.74, 6) is -0.846. The van der Waals surface area contributed by atoms with E-state index in [1.165, 1.54) is 11.1 Å². The van der Waals surface area contributed by atoms with Crippen LogP contribution in [0.3, 0.4) is 0 Å². The van der Waals surface area contributed by atoms with E-state index in [-0.39, 0.29) is 12.2 Å². The van der Waals surface area contributed by atoms with Gasteiger partial charge in [-0.05, 0) is 59.5 Å². The van der Waals surface area contributed by atoms with Gasteiger partial charge in [0.1, 0.15) is 6.61 Å². The third-order valence-electron chi connectivity index (χ3n) is 4.33. The van der Waals surface area contributed by atoms with E-state index in [1.54, 1.807) is 6.08 Å². The third kappa shape index (κ3) is 9.27. The summed E-state index contributed by atoms with van der Waals surface area (Å²) in [7, 11) is 0. The number of nitrogens with zero attached hydrogens (tertiary/aromatic N) is 2. The number of allylic oxidation sites excluding steroid dienone is 5. The van der Waals surface area contributed by atoms with Crippen LogP contribution in [-0.2, 0) is 4.74 Å². The molecule has 0 aliphatic heterocycles. The normalized spacial score (nSPS) is 11.7. The minimum atomic E-state index is -0.846. The Bertz CT molecular complexity index is 847. The molecule has 1 aromatic carbocycles. The fourth-order valence-electron chi connectivity index (χ4n) is 2.61. The molecule has 8 nitrogen and oxygen atoms in total. The van der Waals surface area contributed by atoms with Crippen molar-refractivity contribution in [3.8, 4) is 0 Å². The molecule has 0 aliphatic carbocycles. The zero-order valence-corrected chi connectivity index (χ0v) is 17.8. The van der Waals surface area contributed by atoms with Crippen molar-refractivity contribution in [3.05, 3.63) is 78.9 Å². The molecule has 0 aliphatic rings. The molecule has 0 N–H and O–H groups in total. The summed E-state index contributed by atoms with van der Waals surface area (Å²) in [6.45, 7) is 8.20. The monoisotopic (exact) mass is 416 g/mol. The number of non-ortho nitro benzene ring substituents is 2. The number of benzene rings is 1. The summed E-state index contributed by atoms with van der Waals surface area (Å²) in [6.07, 6.45) is 9.94. The van der Waals surface area contributed by atoms with Crippen molar-refractivity contribution in [1.82, 2.24) is 0 Å². The fraction of sp³-hybridized carbons (Fsp3) is 0.409. The Morgan fingerprint density at radius 1 is 0.867 bits per heavy atom. The molecule has 0 radical (unpaired) electrons. The molecule has 1 rings (SSSR count). The zero-order chi connectivity index (χ0) is 22.7. The Labute approximate surface area is 176 Å². The van der Waals surface area contributed by atoms with Gasteiger partial charge in [-0.15, -0.1) is 0 Å². The van der Waals surface area contributed by atoms with Gasteiger partial charge >= 0.3 is 5.97 Å². The maximum atomic E-state index is 12.1. The molecule has 0 spiro atoms. The van der Waals surface area contributed by atoms with Gasteiger partial charge in [0.25, 0.3) is 11.4 Å². The van der Waals surface area contributed by atoms with Gasteiger partial charge in [0.15, 0.2) is 0 Å². The second kappa shape index (κ2) is 12.3. The van der Waals surface area contributed by atoms with Crippen LogP contribution in [0.25, 0.3) is 0 Å². The van der Waals surface area contributed by atoms with Crippen LogP contribution in [0.5, 0.6) is 0 Å². The standard InChI is InChI=1S/C22H28N2O6/c1-16(2)7-5-8-17(3)9-6-10-18(4)11-12-30-22(25)19-13-20(23(26)27)15-21(14-19)24(28)29/h7,9,11,13-15H,5-6,8,10,12H2,1-4H3. The molecule has 8 heteroatoms. The molecule has 0 aromatic heterocycles. The number of nitro groups is 2. The predicted octanol–water partition coefficient (Wildman–Crippen LogP) is 6.08. The number of hydrogen-bond donors (Lipinski definition) is 0. The van der Waals surface area contributed by atoms with Gasteiger partial charge in [0, 0.05) is 12.1 Å². The first-order chi connectivity index (χ1) is 14.1. The number of hydrogen-bond acceptors (Lipinski definition) is 6. The first kappa shape index (κ1) is 24.7. The second-order valence-electron chi connectivity index (χ2n) is 7.31. The lowest BCUT2D eigenvalue weighted by Gasteiger charge is -2.04. The smallest absolute Gasteiger partial charge is 0.338 e. The van der Waals surface area contributed by atoms with E-state index in [2.05, 4.69) is 32.9 Å². The maximum Gasteiger partial charge on any atom is 0.338 e. The van der Waals surface area contributed by atoms with Crippen molar-refractivity contribution in [2.24, 2.45) is 0 Å². The van der Waals surface area contributed by atoms with Crippen molar-refractivity contribution in [2.45, 2.75) is 53.4 Å². The Morgan fingerprint density at radius 2 is 1.37 bits per heavy atom. The Kier molecular flexibility index (Phi) is 10.2. The first-order valence-corrected chi connectivity index (χ1v) is 9.65. The number of nitro benzene ring substituents is 2. The Hall–Kier alpha value is -3.29. The average molecular weight is 416 g/mol. The molecule has 162 valence electrons. The van der Waals surface area contributed by atoms with Gasteiger partial charge in [-0.1, -0.05) is 28.9 Å². The third-order valence-corrected chi connectivity index (χ3v) is 4.33. The Balaban J connectivity index is 2.58. The van der Waals surface area contributed by atoms with Crippen LogP contribution in [0.2, 0.25) is 0 Å². The van der Waals surface area contributed by atoms with Gasteiger partial charge in [0.2, 0.25) is 0 Å². The number of ether oxygens (including phenoxy) is 1. The fourth-order valence-corrected chi connectivity index (χ4v) is 2.61. The van der Waals surface area contributed by atoms with E-state index in [4.69, 9.17) is 4.74 Å². The van der Waals surface area contributed by atoms with Gasteiger partial charge in [-0.25, -0.2) is 4.79 Å². The minimum absolute atomic E-state index is 0.00950. The second-order valence-corrected chi connectivity index (χ2v) is 7.31. The van der Waals surface area contributed by atoms with E-state index >= 15 is 0 Å². The molecule has 0 saturated carbocycles. The lowest BCUT2D eigenvalue weighted by Crippen LogP contribution is -2.07. The van der Waals surface area contributed by atoms with E-state index < -0.39 is 27.2 Å². The quantitative estimate of drug-likeness (QED) is 0.187. The van der Waals surface area contributed by atoms with E-state index in [0.717, 1.165) is 49.5 Å². The molecule has 1 aromatic rings. The molecular weight excluding hydrogens is 388 g/mol. The summed E-state index contributed by atoms with van der Waals surface area (Å²) in [4.78, 5) is 32.3. The van der Waals surface area contributed by atoms with Crippen molar-refractivity contribution in [2.75, 3.05) is 6.61 Å². The highest BCUT2D eigenvalue weighted by Crippen LogP contribution is 2.23. The van der Waals surface area contributed by atoms with Crippen LogP contribution < -0.4 is 0 Å². The van der Waals surface area contributed by atoms with Crippen molar-refractivity contribution < 1.29 is 19.4 Å². The van der Waals surface area contributed by atoms with E-state index in [9.17, 15) is 25.0 Å². The highest BCUT2D eigenvalue weighted by molar-refractivity contribution is 5.91. The van der Waals surface area contributed by atoms with Gasteiger partial charge in [-0.2, -0.15) is 0 Å². The topological polar surface area (TPSA) is 113 Å². The molecule has 0 fully saturated rings. The molecule has 0 unspecified atom stereocenters. The van der Waals surface area contributed by atoms with Crippen LogP contribution in [-0.4, -0.2) is 22.4 Å². The molecule has 0 amide bonds. The summed E-state index contributed by atoms with van der Waals surface area (Å²) in [6, 6.07) is 2.74. The van der Waals surface area contributed by atoms with Crippen LogP contribution in [0, 0.1) is 20.2 Å². The summed E-state index contributed by atoms with van der Waals surface area (Å²) in [5.41, 5.74) is 2.40. The maximum absolute atomic E-state index is 12.1. The number of rotatable bonds is 11. The number of carbonyl (C=O) groups is 1. The molecule has 30 heavy (non-hydrogen) atoms. The lowest BCUT2D eigenvalue weighted by molar-refractivity contribution is -0.394. The van der Waals surface area contributed by atoms with E-state index in [1.807, 2.05) is 6.92 Å².